The van der Waals surface area contributed by atoms with Crippen molar-refractivity contribution in [3.05, 3.63) is 23.9 Å². The Morgan fingerprint density at radius 2 is 2.27 bits per heavy atom. The van der Waals surface area contributed by atoms with Gasteiger partial charge in [0.2, 0.25) is 0 Å². The molecule has 0 aliphatic carbocycles. The molecule has 0 unspecified atom stereocenters. The van der Waals surface area contributed by atoms with Gasteiger partial charge in [-0.2, -0.15) is 5.10 Å². The molecule has 2 N–H and O–H groups in total. The first kappa shape index (κ1) is 15.3. The van der Waals surface area contributed by atoms with Crippen LogP contribution < -0.4 is 4.74 Å². The highest BCUT2D eigenvalue weighted by molar-refractivity contribution is 5.82. The highest BCUT2D eigenvalue weighted by Crippen LogP contribution is 2.27. The fraction of sp³-hybridized carbons (Fsp3) is 0.562. The van der Waals surface area contributed by atoms with Gasteiger partial charge in [0.25, 0.3) is 0 Å². The van der Waals surface area contributed by atoms with Crippen molar-refractivity contribution in [3.63, 3.8) is 0 Å². The van der Waals surface area contributed by atoms with Gasteiger partial charge in [0.05, 0.1) is 23.9 Å². The molecule has 0 saturated carbocycles. The molecule has 2 aromatic rings. The van der Waals surface area contributed by atoms with E-state index in [0.717, 1.165) is 41.9 Å². The average molecular weight is 304 g/mol. The van der Waals surface area contributed by atoms with Crippen molar-refractivity contribution < 1.29 is 9.84 Å². The van der Waals surface area contributed by atoms with Crippen LogP contribution in [0, 0.1) is 0 Å². The van der Waals surface area contributed by atoms with Crippen molar-refractivity contribution in [3.8, 4) is 5.75 Å². The maximum atomic E-state index is 10.6. The number of H-pyrrole nitrogens is 1. The van der Waals surface area contributed by atoms with E-state index in [9.17, 15) is 5.11 Å². The van der Waals surface area contributed by atoms with Gasteiger partial charge < -0.3 is 14.7 Å². The fourth-order valence-electron chi connectivity index (χ4n) is 3.31. The van der Waals surface area contributed by atoms with Gasteiger partial charge in [-0.05, 0) is 38.7 Å². The van der Waals surface area contributed by atoms with Gasteiger partial charge in [0, 0.05) is 31.6 Å². The Balaban J connectivity index is 1.74. The molecule has 1 aromatic heterocycles. The lowest BCUT2D eigenvalue weighted by Gasteiger charge is -2.26. The molecule has 0 amide bonds. The Morgan fingerprint density at radius 3 is 3.00 bits per heavy atom. The fourth-order valence-corrected chi connectivity index (χ4v) is 3.31. The monoisotopic (exact) mass is 304 g/mol. The number of hydrogen-bond donors (Lipinski definition) is 2. The van der Waals surface area contributed by atoms with E-state index in [4.69, 9.17) is 4.74 Å². The highest BCUT2D eigenvalue weighted by atomic mass is 16.5. The number of aliphatic hydroxyl groups is 1. The van der Waals surface area contributed by atoms with Crippen LogP contribution in [-0.2, 0) is 6.54 Å². The number of likely N-dealkylation sites (tertiary alicyclic amines) is 1. The minimum absolute atomic E-state index is 0.614. The number of likely N-dealkylation sites (N-methyl/N-ethyl adjacent to an activating group) is 1. The van der Waals surface area contributed by atoms with E-state index in [2.05, 4.69) is 15.1 Å². The predicted molar refractivity (Wildman–Crippen MR) is 86.0 cm³/mol. The van der Waals surface area contributed by atoms with Gasteiger partial charge in [-0.1, -0.05) is 0 Å². The standard InChI is InChI=1S/C16H24N4O2/c1-19(2)10-16(21)6-7-20(11-16)9-15-13-8-12(22-3)4-5-14(13)17-18-15/h4-5,8,21H,6-7,9-11H2,1-3H3,(H,17,18)/t16-/m1/s1. The van der Waals surface area contributed by atoms with Crippen LogP contribution >= 0.6 is 0 Å². The Bertz CT molecular complexity index is 655. The van der Waals surface area contributed by atoms with Crippen LogP contribution in [0.25, 0.3) is 10.9 Å². The SMILES string of the molecule is COc1ccc2n[nH]c(CN3CC[C@@](O)(CN(C)C)C3)c2c1. The van der Waals surface area contributed by atoms with Crippen LogP contribution in [0.5, 0.6) is 5.75 Å². The molecule has 1 atom stereocenters. The number of nitrogens with zero attached hydrogens (tertiary/aromatic N) is 3. The van der Waals surface area contributed by atoms with Gasteiger partial charge in [-0.25, -0.2) is 0 Å². The Hall–Kier alpha value is -1.63. The van der Waals surface area contributed by atoms with Crippen molar-refractivity contribution in [2.24, 2.45) is 0 Å². The van der Waals surface area contributed by atoms with E-state index in [1.807, 2.05) is 37.2 Å². The van der Waals surface area contributed by atoms with Gasteiger partial charge >= 0.3 is 0 Å². The quantitative estimate of drug-likeness (QED) is 0.865. The minimum Gasteiger partial charge on any atom is -0.497 e. The topological polar surface area (TPSA) is 64.6 Å². The number of benzene rings is 1. The lowest BCUT2D eigenvalue weighted by molar-refractivity contribution is 0.0239. The van der Waals surface area contributed by atoms with E-state index in [1.165, 1.54) is 0 Å². The number of aromatic nitrogens is 2. The summed E-state index contributed by atoms with van der Waals surface area (Å²) >= 11 is 0. The lowest BCUT2D eigenvalue weighted by atomic mass is 10.0. The van der Waals surface area contributed by atoms with E-state index in [0.29, 0.717) is 13.1 Å². The Morgan fingerprint density at radius 1 is 1.45 bits per heavy atom. The molecule has 1 aliphatic heterocycles. The third-order valence-corrected chi connectivity index (χ3v) is 4.24. The van der Waals surface area contributed by atoms with Gasteiger partial charge in [0.15, 0.2) is 0 Å². The Labute approximate surface area is 130 Å². The normalized spacial score (nSPS) is 22.8. The highest BCUT2D eigenvalue weighted by Gasteiger charge is 2.36. The van der Waals surface area contributed by atoms with Crippen LogP contribution in [0.1, 0.15) is 12.1 Å². The third-order valence-electron chi connectivity index (χ3n) is 4.24. The molecule has 0 spiro atoms. The average Bonchev–Trinajstić information content (AvgIpc) is 3.02. The van der Waals surface area contributed by atoms with Crippen molar-refractivity contribution >= 4 is 10.9 Å². The number of hydrogen-bond acceptors (Lipinski definition) is 5. The molecule has 1 aromatic carbocycles. The summed E-state index contributed by atoms with van der Waals surface area (Å²) in [6, 6.07) is 5.88. The van der Waals surface area contributed by atoms with Gasteiger partial charge in [-0.15, -0.1) is 0 Å². The van der Waals surface area contributed by atoms with Crippen molar-refractivity contribution in [2.45, 2.75) is 18.6 Å². The van der Waals surface area contributed by atoms with Crippen molar-refractivity contribution in [2.75, 3.05) is 40.8 Å². The predicted octanol–water partition coefficient (Wildman–Crippen LogP) is 1.07. The first-order valence-electron chi connectivity index (χ1n) is 7.59. The van der Waals surface area contributed by atoms with Crippen LogP contribution in [-0.4, -0.2) is 71.5 Å². The molecule has 6 heteroatoms. The number of rotatable bonds is 5. The zero-order chi connectivity index (χ0) is 15.7. The van der Waals surface area contributed by atoms with E-state index in [-0.39, 0.29) is 0 Å². The second kappa shape index (κ2) is 5.87. The Kier molecular flexibility index (Phi) is 4.08. The molecule has 6 nitrogen and oxygen atoms in total. The van der Waals surface area contributed by atoms with E-state index >= 15 is 0 Å². The molecule has 3 rings (SSSR count). The molecular weight excluding hydrogens is 280 g/mol. The van der Waals surface area contributed by atoms with Crippen LogP contribution in [0.2, 0.25) is 0 Å². The second-order valence-electron chi connectivity index (χ2n) is 6.51. The molecule has 1 aliphatic rings. The van der Waals surface area contributed by atoms with Crippen molar-refractivity contribution in [1.82, 2.24) is 20.0 Å². The van der Waals surface area contributed by atoms with E-state index in [1.54, 1.807) is 7.11 Å². The molecular formula is C16H24N4O2. The maximum absolute atomic E-state index is 10.6. The number of methoxy groups -OCH3 is 1. The van der Waals surface area contributed by atoms with Crippen LogP contribution in [0.4, 0.5) is 0 Å². The zero-order valence-electron chi connectivity index (χ0n) is 13.5. The molecule has 1 saturated heterocycles. The zero-order valence-corrected chi connectivity index (χ0v) is 13.5. The summed E-state index contributed by atoms with van der Waals surface area (Å²) in [4.78, 5) is 4.32. The molecule has 22 heavy (non-hydrogen) atoms. The summed E-state index contributed by atoms with van der Waals surface area (Å²) in [6.07, 6.45) is 0.806. The molecule has 0 bridgehead atoms. The molecule has 2 heterocycles. The summed E-state index contributed by atoms with van der Waals surface area (Å²) in [7, 11) is 5.66. The van der Waals surface area contributed by atoms with E-state index < -0.39 is 5.60 Å². The first-order valence-corrected chi connectivity index (χ1v) is 7.59. The second-order valence-corrected chi connectivity index (χ2v) is 6.51. The summed E-state index contributed by atoms with van der Waals surface area (Å²) < 4.78 is 5.29. The summed E-state index contributed by atoms with van der Waals surface area (Å²) in [6.45, 7) is 3.05. The lowest BCUT2D eigenvalue weighted by Crippen LogP contribution is -2.42. The first-order chi connectivity index (χ1) is 10.5. The summed E-state index contributed by atoms with van der Waals surface area (Å²) in [5.41, 5.74) is 1.40. The largest absolute Gasteiger partial charge is 0.497 e. The maximum Gasteiger partial charge on any atom is 0.119 e. The van der Waals surface area contributed by atoms with Crippen LogP contribution in [0.15, 0.2) is 18.2 Å². The summed E-state index contributed by atoms with van der Waals surface area (Å²) in [5, 5.41) is 19.2. The minimum atomic E-state index is -0.614. The summed E-state index contributed by atoms with van der Waals surface area (Å²) in [5.74, 6) is 0.834. The number of ether oxygens (including phenoxy) is 1. The number of fused-ring (bicyclic) bond motifs is 1. The van der Waals surface area contributed by atoms with Gasteiger partial charge in [0.1, 0.15) is 5.75 Å². The number of β-amino-alcohol motifs (C(OH)–C–C–N with tert-alkyl or cyclic N) is 1. The van der Waals surface area contributed by atoms with Crippen LogP contribution in [0.3, 0.4) is 0 Å². The number of nitrogens with one attached hydrogen (secondary N) is 1. The van der Waals surface area contributed by atoms with Crippen molar-refractivity contribution in [1.29, 1.82) is 0 Å². The molecule has 120 valence electrons. The molecule has 1 fully saturated rings. The third kappa shape index (κ3) is 3.09. The molecule has 0 radical (unpaired) electrons. The number of aromatic amines is 1. The smallest absolute Gasteiger partial charge is 0.119 e. The van der Waals surface area contributed by atoms with Gasteiger partial charge in [-0.3, -0.25) is 10.00 Å².